The number of thiazole rings is 1. The lowest BCUT2D eigenvalue weighted by atomic mass is 10.2. The third kappa shape index (κ3) is 2.08. The summed E-state index contributed by atoms with van der Waals surface area (Å²) in [6.45, 7) is 3.94. The SMILES string of the molecule is COc1cnn(C(C)C)c1C(=O)c1cncs1. The van der Waals surface area contributed by atoms with Gasteiger partial charge in [-0.25, -0.2) is 0 Å². The predicted molar refractivity (Wildman–Crippen MR) is 64.7 cm³/mol. The number of aromatic nitrogens is 3. The van der Waals surface area contributed by atoms with Crippen molar-refractivity contribution < 1.29 is 9.53 Å². The second-order valence-corrected chi connectivity index (χ2v) is 4.68. The van der Waals surface area contributed by atoms with Crippen LogP contribution in [0.4, 0.5) is 0 Å². The van der Waals surface area contributed by atoms with E-state index in [0.717, 1.165) is 0 Å². The van der Waals surface area contributed by atoms with Crippen molar-refractivity contribution >= 4 is 17.1 Å². The van der Waals surface area contributed by atoms with Crippen LogP contribution in [0.1, 0.15) is 35.3 Å². The number of hydrogen-bond donors (Lipinski definition) is 0. The zero-order valence-electron chi connectivity index (χ0n) is 9.88. The number of rotatable bonds is 4. The van der Waals surface area contributed by atoms with Crippen LogP contribution < -0.4 is 4.74 Å². The Bertz CT molecular complexity index is 517. The first-order chi connectivity index (χ1) is 8.15. The van der Waals surface area contributed by atoms with Gasteiger partial charge in [0.25, 0.3) is 0 Å². The Hall–Kier alpha value is -1.69. The minimum Gasteiger partial charge on any atom is -0.493 e. The van der Waals surface area contributed by atoms with E-state index in [-0.39, 0.29) is 11.8 Å². The van der Waals surface area contributed by atoms with Gasteiger partial charge in [-0.3, -0.25) is 14.5 Å². The van der Waals surface area contributed by atoms with Gasteiger partial charge in [0.2, 0.25) is 5.78 Å². The van der Waals surface area contributed by atoms with Gasteiger partial charge in [-0.05, 0) is 13.8 Å². The molecule has 0 saturated carbocycles. The lowest BCUT2D eigenvalue weighted by Gasteiger charge is -2.10. The average Bonchev–Trinajstić information content (AvgIpc) is 2.96. The maximum absolute atomic E-state index is 12.3. The summed E-state index contributed by atoms with van der Waals surface area (Å²) in [5, 5.41) is 4.17. The van der Waals surface area contributed by atoms with Crippen LogP contribution in [0.3, 0.4) is 0 Å². The molecule has 0 N–H and O–H groups in total. The summed E-state index contributed by atoms with van der Waals surface area (Å²) in [5.74, 6) is 0.396. The normalized spacial score (nSPS) is 10.8. The van der Waals surface area contributed by atoms with E-state index in [1.54, 1.807) is 22.6 Å². The van der Waals surface area contributed by atoms with Crippen molar-refractivity contribution in [2.75, 3.05) is 7.11 Å². The molecular weight excluding hydrogens is 238 g/mol. The van der Waals surface area contributed by atoms with E-state index in [1.807, 2.05) is 13.8 Å². The molecule has 0 spiro atoms. The molecule has 2 rings (SSSR count). The van der Waals surface area contributed by atoms with Crippen LogP contribution in [0, 0.1) is 0 Å². The van der Waals surface area contributed by atoms with Crippen molar-refractivity contribution in [2.45, 2.75) is 19.9 Å². The van der Waals surface area contributed by atoms with Crippen molar-refractivity contribution in [3.8, 4) is 5.75 Å². The number of ether oxygens (including phenoxy) is 1. The number of ketones is 1. The molecule has 2 aromatic heterocycles. The van der Waals surface area contributed by atoms with E-state index in [9.17, 15) is 4.79 Å². The van der Waals surface area contributed by atoms with Crippen molar-refractivity contribution in [2.24, 2.45) is 0 Å². The van der Waals surface area contributed by atoms with Gasteiger partial charge in [-0.2, -0.15) is 5.10 Å². The van der Waals surface area contributed by atoms with Gasteiger partial charge >= 0.3 is 0 Å². The fourth-order valence-electron chi connectivity index (χ4n) is 1.55. The number of carbonyl (C=O) groups excluding carboxylic acids is 1. The lowest BCUT2D eigenvalue weighted by Crippen LogP contribution is -2.13. The van der Waals surface area contributed by atoms with Gasteiger partial charge in [0.1, 0.15) is 0 Å². The highest BCUT2D eigenvalue weighted by Gasteiger charge is 2.23. The molecule has 0 aliphatic heterocycles. The molecule has 0 bridgehead atoms. The van der Waals surface area contributed by atoms with E-state index >= 15 is 0 Å². The van der Waals surface area contributed by atoms with Crippen molar-refractivity contribution in [1.82, 2.24) is 14.8 Å². The van der Waals surface area contributed by atoms with Gasteiger partial charge in [0.15, 0.2) is 11.4 Å². The van der Waals surface area contributed by atoms with Gasteiger partial charge in [0, 0.05) is 12.2 Å². The molecule has 0 aliphatic rings. The summed E-state index contributed by atoms with van der Waals surface area (Å²) < 4.78 is 6.84. The summed E-state index contributed by atoms with van der Waals surface area (Å²) in [5.41, 5.74) is 2.11. The first-order valence-electron chi connectivity index (χ1n) is 5.19. The van der Waals surface area contributed by atoms with Crippen LogP contribution in [-0.4, -0.2) is 27.7 Å². The second-order valence-electron chi connectivity index (χ2n) is 3.79. The molecule has 0 fully saturated rings. The van der Waals surface area contributed by atoms with Crippen LogP contribution in [0.25, 0.3) is 0 Å². The number of nitrogens with zero attached hydrogens (tertiary/aromatic N) is 3. The second kappa shape index (κ2) is 4.67. The molecule has 0 unspecified atom stereocenters. The smallest absolute Gasteiger partial charge is 0.226 e. The minimum atomic E-state index is -0.101. The number of carbonyl (C=O) groups is 1. The molecule has 0 aromatic carbocycles. The standard InChI is InChI=1S/C11H13N3O2S/c1-7(2)14-10(8(16-3)4-13-14)11(15)9-5-12-6-17-9/h4-7H,1-3H3. The molecule has 0 saturated heterocycles. The maximum Gasteiger partial charge on any atom is 0.226 e. The van der Waals surface area contributed by atoms with Crippen LogP contribution in [-0.2, 0) is 0 Å². The quantitative estimate of drug-likeness (QED) is 0.781. The van der Waals surface area contributed by atoms with E-state index < -0.39 is 0 Å². The van der Waals surface area contributed by atoms with Crippen LogP contribution >= 0.6 is 11.3 Å². The van der Waals surface area contributed by atoms with Gasteiger partial charge < -0.3 is 4.74 Å². The highest BCUT2D eigenvalue weighted by molar-refractivity contribution is 7.11. The Kier molecular flexibility index (Phi) is 3.23. The third-order valence-corrected chi connectivity index (χ3v) is 3.11. The molecule has 5 nitrogen and oxygen atoms in total. The highest BCUT2D eigenvalue weighted by atomic mass is 32.1. The van der Waals surface area contributed by atoms with E-state index in [0.29, 0.717) is 16.3 Å². The van der Waals surface area contributed by atoms with Crippen molar-refractivity contribution in [3.63, 3.8) is 0 Å². The first kappa shape index (κ1) is 11.8. The minimum absolute atomic E-state index is 0.101. The summed E-state index contributed by atoms with van der Waals surface area (Å²) in [6, 6.07) is 0.103. The third-order valence-electron chi connectivity index (χ3n) is 2.34. The summed E-state index contributed by atoms with van der Waals surface area (Å²) in [4.78, 5) is 16.8. The number of hydrogen-bond acceptors (Lipinski definition) is 5. The molecule has 0 aliphatic carbocycles. The summed E-state index contributed by atoms with van der Waals surface area (Å²) in [6.07, 6.45) is 3.12. The van der Waals surface area contributed by atoms with E-state index in [4.69, 9.17) is 4.74 Å². The molecule has 17 heavy (non-hydrogen) atoms. The van der Waals surface area contributed by atoms with E-state index in [1.165, 1.54) is 18.4 Å². The Morgan fingerprint density at radius 3 is 2.76 bits per heavy atom. The Balaban J connectivity index is 2.49. The monoisotopic (exact) mass is 251 g/mol. The molecule has 0 atom stereocenters. The predicted octanol–water partition coefficient (Wildman–Crippen LogP) is 2.16. The topological polar surface area (TPSA) is 57.0 Å². The van der Waals surface area contributed by atoms with Gasteiger partial charge in [-0.15, -0.1) is 11.3 Å². The molecule has 0 radical (unpaired) electrons. The van der Waals surface area contributed by atoms with Crippen molar-refractivity contribution in [1.29, 1.82) is 0 Å². The van der Waals surface area contributed by atoms with Crippen molar-refractivity contribution in [3.05, 3.63) is 28.5 Å². The summed E-state index contributed by atoms with van der Waals surface area (Å²) in [7, 11) is 1.53. The fraction of sp³-hybridized carbons (Fsp3) is 0.364. The maximum atomic E-state index is 12.3. The fourth-order valence-corrected chi connectivity index (χ4v) is 2.11. The number of methoxy groups -OCH3 is 1. The van der Waals surface area contributed by atoms with Crippen LogP contribution in [0.5, 0.6) is 5.75 Å². The zero-order valence-corrected chi connectivity index (χ0v) is 10.7. The molecule has 2 aromatic rings. The Morgan fingerprint density at radius 2 is 2.24 bits per heavy atom. The Labute approximate surface area is 103 Å². The summed E-state index contributed by atoms with van der Waals surface area (Å²) >= 11 is 1.31. The lowest BCUT2D eigenvalue weighted by molar-refractivity contribution is 0.102. The largest absolute Gasteiger partial charge is 0.493 e. The molecule has 0 amide bonds. The molecule has 6 heteroatoms. The van der Waals surface area contributed by atoms with Crippen LogP contribution in [0.2, 0.25) is 0 Å². The van der Waals surface area contributed by atoms with Gasteiger partial charge in [0.05, 0.1) is 23.7 Å². The highest BCUT2D eigenvalue weighted by Crippen LogP contribution is 2.25. The average molecular weight is 251 g/mol. The first-order valence-corrected chi connectivity index (χ1v) is 6.07. The van der Waals surface area contributed by atoms with Gasteiger partial charge in [-0.1, -0.05) is 0 Å². The Morgan fingerprint density at radius 1 is 1.47 bits per heavy atom. The molecular formula is C11H13N3O2S. The molecule has 2 heterocycles. The van der Waals surface area contributed by atoms with E-state index in [2.05, 4.69) is 10.1 Å². The molecule has 90 valence electrons. The van der Waals surface area contributed by atoms with Crippen LogP contribution in [0.15, 0.2) is 17.9 Å². The zero-order chi connectivity index (χ0) is 12.4.